The van der Waals surface area contributed by atoms with E-state index < -0.39 is 0 Å². The highest BCUT2D eigenvalue weighted by Gasteiger charge is 2.08. The Labute approximate surface area is 99.1 Å². The van der Waals surface area contributed by atoms with Crippen LogP contribution in [0.2, 0.25) is 0 Å². The van der Waals surface area contributed by atoms with Crippen LogP contribution in [0, 0.1) is 6.07 Å². The number of hydrogen-bond acceptors (Lipinski definition) is 2. The lowest BCUT2D eigenvalue weighted by Crippen LogP contribution is -2.10. The van der Waals surface area contributed by atoms with Crippen LogP contribution < -0.4 is 5.32 Å². The maximum atomic E-state index is 11.8. The Hall–Kier alpha value is -2.42. The van der Waals surface area contributed by atoms with E-state index in [1.807, 2.05) is 0 Å². The molecule has 2 aromatic rings. The summed E-state index contributed by atoms with van der Waals surface area (Å²) in [4.78, 5) is 22.4. The fourth-order valence-electron chi connectivity index (χ4n) is 1.38. The molecule has 0 spiro atoms. The summed E-state index contributed by atoms with van der Waals surface area (Å²) in [6.07, 6.45) is 0.701. The molecule has 0 aliphatic heterocycles. The summed E-state index contributed by atoms with van der Waals surface area (Å²) in [7, 11) is 0. The average Bonchev–Trinajstić information content (AvgIpc) is 2.40. The predicted octanol–water partition coefficient (Wildman–Crippen LogP) is 2.38. The van der Waals surface area contributed by atoms with Crippen molar-refractivity contribution in [2.24, 2.45) is 0 Å². The lowest BCUT2D eigenvalue weighted by molar-refractivity contribution is 0.0969. The fraction of sp³-hybridized carbons (Fsp3) is 0. The fourth-order valence-corrected chi connectivity index (χ4v) is 1.38. The van der Waals surface area contributed by atoms with Crippen molar-refractivity contribution in [1.82, 2.24) is 5.32 Å². The molecule has 3 heteroatoms. The molecule has 2 radical (unpaired) electrons. The van der Waals surface area contributed by atoms with Crippen molar-refractivity contribution < 1.29 is 9.59 Å². The first-order valence-electron chi connectivity index (χ1n) is 5.07. The van der Waals surface area contributed by atoms with Crippen LogP contribution >= 0.6 is 0 Å². The van der Waals surface area contributed by atoms with Crippen LogP contribution in [-0.4, -0.2) is 12.2 Å². The van der Waals surface area contributed by atoms with Gasteiger partial charge in [-0.2, -0.15) is 0 Å². The van der Waals surface area contributed by atoms with Gasteiger partial charge in [0.2, 0.25) is 0 Å². The van der Waals surface area contributed by atoms with Crippen molar-refractivity contribution in [3.05, 3.63) is 65.7 Å². The normalized spacial score (nSPS) is 9.65. The molecule has 0 atom stereocenters. The number of rotatable bonds is 3. The Morgan fingerprint density at radius 3 is 2.82 bits per heavy atom. The van der Waals surface area contributed by atoms with Crippen LogP contribution in [0.15, 0.2) is 48.5 Å². The van der Waals surface area contributed by atoms with E-state index >= 15 is 0 Å². The van der Waals surface area contributed by atoms with E-state index in [4.69, 9.17) is 0 Å². The van der Waals surface area contributed by atoms with Gasteiger partial charge in [-0.15, -0.1) is 0 Å². The molecule has 0 fully saturated rings. The Balaban J connectivity index is 2.17. The second-order valence-electron chi connectivity index (χ2n) is 3.42. The Bertz CT molecular complexity index is 535. The van der Waals surface area contributed by atoms with Crippen LogP contribution in [0.4, 0.5) is 5.69 Å². The van der Waals surface area contributed by atoms with E-state index in [-0.39, 0.29) is 5.91 Å². The average molecular weight is 223 g/mol. The van der Waals surface area contributed by atoms with Crippen LogP contribution in [-0.2, 0) is 0 Å². The molecule has 3 nitrogen and oxygen atoms in total. The van der Waals surface area contributed by atoms with Gasteiger partial charge in [-0.25, -0.2) is 5.32 Å². The zero-order valence-electron chi connectivity index (χ0n) is 8.96. The number of carbonyl (C=O) groups is 2. The Morgan fingerprint density at radius 1 is 1.24 bits per heavy atom. The van der Waals surface area contributed by atoms with Gasteiger partial charge in [0.1, 0.15) is 6.29 Å². The first-order chi connectivity index (χ1) is 8.29. The van der Waals surface area contributed by atoms with Crippen molar-refractivity contribution >= 4 is 17.9 Å². The zero-order chi connectivity index (χ0) is 12.1. The van der Waals surface area contributed by atoms with Gasteiger partial charge in [0.25, 0.3) is 5.91 Å². The van der Waals surface area contributed by atoms with Crippen LogP contribution in [0.3, 0.4) is 0 Å². The zero-order valence-corrected chi connectivity index (χ0v) is 8.96. The third-order valence-corrected chi connectivity index (χ3v) is 2.19. The first-order valence-corrected chi connectivity index (χ1v) is 5.07. The second kappa shape index (κ2) is 5.07. The van der Waals surface area contributed by atoms with Gasteiger partial charge >= 0.3 is 0 Å². The third kappa shape index (κ3) is 2.78. The maximum Gasteiger partial charge on any atom is 0.277 e. The number of nitrogens with zero attached hydrogens (tertiary/aromatic N) is 1. The molecule has 17 heavy (non-hydrogen) atoms. The van der Waals surface area contributed by atoms with Gasteiger partial charge in [-0.3, -0.25) is 9.59 Å². The number of aldehydes is 1. The van der Waals surface area contributed by atoms with E-state index in [2.05, 4.69) is 11.4 Å². The molecule has 0 aliphatic rings. The van der Waals surface area contributed by atoms with Gasteiger partial charge in [-0.05, 0) is 30.3 Å². The standard InChI is InChI=1S/C14H9NO2/c16-10-11-5-4-6-12(9-11)14(17)15-13-7-2-1-3-8-13/h1-2,4-10H. The van der Waals surface area contributed by atoms with Crippen LogP contribution in [0.5, 0.6) is 0 Å². The minimum atomic E-state index is -0.367. The van der Waals surface area contributed by atoms with E-state index in [1.54, 1.807) is 42.5 Å². The highest BCUT2D eigenvalue weighted by molar-refractivity contribution is 5.97. The molecular formula is C14H9NO2. The maximum absolute atomic E-state index is 11.8. The van der Waals surface area contributed by atoms with Gasteiger partial charge in [0.15, 0.2) is 0 Å². The third-order valence-electron chi connectivity index (χ3n) is 2.19. The molecule has 0 bridgehead atoms. The monoisotopic (exact) mass is 223 g/mol. The molecule has 2 aromatic carbocycles. The van der Waals surface area contributed by atoms with Gasteiger partial charge < -0.3 is 0 Å². The summed E-state index contributed by atoms with van der Waals surface area (Å²) in [6.45, 7) is 0. The van der Waals surface area contributed by atoms with Crippen molar-refractivity contribution in [2.45, 2.75) is 0 Å². The molecular weight excluding hydrogens is 214 g/mol. The highest BCUT2D eigenvalue weighted by atomic mass is 16.1. The van der Waals surface area contributed by atoms with Crippen molar-refractivity contribution in [2.75, 3.05) is 0 Å². The Morgan fingerprint density at radius 2 is 2.12 bits per heavy atom. The summed E-state index contributed by atoms with van der Waals surface area (Å²) < 4.78 is 0. The van der Waals surface area contributed by atoms with Crippen molar-refractivity contribution in [3.63, 3.8) is 0 Å². The minimum Gasteiger partial charge on any atom is -0.298 e. The summed E-state index contributed by atoms with van der Waals surface area (Å²) in [5, 5.41) is 3.92. The molecule has 82 valence electrons. The minimum absolute atomic E-state index is 0.367. The lowest BCUT2D eigenvalue weighted by Gasteiger charge is -2.01. The quantitative estimate of drug-likeness (QED) is 0.750. The smallest absolute Gasteiger partial charge is 0.277 e. The summed E-state index contributed by atoms with van der Waals surface area (Å²) in [5.74, 6) is -0.367. The molecule has 1 amide bonds. The molecule has 0 saturated heterocycles. The van der Waals surface area contributed by atoms with Gasteiger partial charge in [-0.1, -0.05) is 24.3 Å². The van der Waals surface area contributed by atoms with Gasteiger partial charge in [0, 0.05) is 11.1 Å². The van der Waals surface area contributed by atoms with Crippen LogP contribution in [0.1, 0.15) is 20.7 Å². The molecule has 0 unspecified atom stereocenters. The van der Waals surface area contributed by atoms with Crippen molar-refractivity contribution in [3.8, 4) is 0 Å². The number of benzene rings is 2. The van der Waals surface area contributed by atoms with E-state index in [0.29, 0.717) is 23.1 Å². The molecule has 2 rings (SSSR count). The SMILES string of the molecule is O=Cc1cccc(C(=O)[N]c2c[c]ccc2)c1. The van der Waals surface area contributed by atoms with E-state index in [1.165, 1.54) is 6.07 Å². The molecule has 0 N–H and O–H groups in total. The van der Waals surface area contributed by atoms with E-state index in [9.17, 15) is 9.59 Å². The highest BCUT2D eigenvalue weighted by Crippen LogP contribution is 2.09. The van der Waals surface area contributed by atoms with Gasteiger partial charge in [0.05, 0.1) is 5.69 Å². The number of hydrogen-bond donors (Lipinski definition) is 0. The molecule has 0 heterocycles. The topological polar surface area (TPSA) is 48.2 Å². The predicted molar refractivity (Wildman–Crippen MR) is 63.2 cm³/mol. The largest absolute Gasteiger partial charge is 0.298 e. The van der Waals surface area contributed by atoms with Crippen LogP contribution in [0.25, 0.3) is 0 Å². The first kappa shape index (κ1) is 11.1. The summed E-state index contributed by atoms with van der Waals surface area (Å²) >= 11 is 0. The number of carbonyl (C=O) groups excluding carboxylic acids is 2. The summed E-state index contributed by atoms with van der Waals surface area (Å²) in [5.41, 5.74) is 1.41. The molecule has 0 aliphatic carbocycles. The summed E-state index contributed by atoms with van der Waals surface area (Å²) in [6, 6.07) is 16.1. The van der Waals surface area contributed by atoms with E-state index in [0.717, 1.165) is 0 Å². The molecule has 0 saturated carbocycles. The lowest BCUT2D eigenvalue weighted by atomic mass is 10.1. The second-order valence-corrected chi connectivity index (χ2v) is 3.42. The number of amides is 1. The van der Waals surface area contributed by atoms with Crippen molar-refractivity contribution in [1.29, 1.82) is 0 Å². The Kier molecular flexibility index (Phi) is 3.31. The molecule has 0 aromatic heterocycles.